The maximum Gasteiger partial charge on any atom is 0.165 e. The molecule has 5 heteroatoms. The predicted molar refractivity (Wildman–Crippen MR) is 72.7 cm³/mol. The number of methoxy groups -OCH3 is 1. The van der Waals surface area contributed by atoms with Gasteiger partial charge in [0.15, 0.2) is 11.6 Å². The van der Waals surface area contributed by atoms with Crippen molar-refractivity contribution in [2.75, 3.05) is 14.2 Å². The van der Waals surface area contributed by atoms with E-state index in [1.165, 1.54) is 13.2 Å². The van der Waals surface area contributed by atoms with Gasteiger partial charge in [0.1, 0.15) is 5.82 Å². The number of halogens is 1. The molecule has 0 aliphatic heterocycles. The lowest BCUT2D eigenvalue weighted by Crippen LogP contribution is -2.10. The van der Waals surface area contributed by atoms with E-state index in [2.05, 4.69) is 10.3 Å². The summed E-state index contributed by atoms with van der Waals surface area (Å²) in [6.45, 7) is 2.61. The van der Waals surface area contributed by atoms with E-state index < -0.39 is 0 Å². The second-order valence-electron chi connectivity index (χ2n) is 4.39. The van der Waals surface area contributed by atoms with Gasteiger partial charge in [0, 0.05) is 19.2 Å². The van der Waals surface area contributed by atoms with Crippen LogP contribution in [0.1, 0.15) is 11.5 Å². The highest BCUT2D eigenvalue weighted by molar-refractivity contribution is 5.63. The first kappa shape index (κ1) is 13.5. The second-order valence-corrected chi connectivity index (χ2v) is 4.39. The van der Waals surface area contributed by atoms with Crippen molar-refractivity contribution >= 4 is 0 Å². The SMILES string of the molecule is CNCc1c(-c2ccc(OC)c(F)c2)nc(C)n1C. The molecule has 1 N–H and O–H groups in total. The van der Waals surface area contributed by atoms with E-state index in [9.17, 15) is 4.39 Å². The maximum atomic E-state index is 13.8. The first-order valence-electron chi connectivity index (χ1n) is 6.09. The molecule has 0 fully saturated rings. The summed E-state index contributed by atoms with van der Waals surface area (Å²) >= 11 is 0. The fourth-order valence-electron chi connectivity index (χ4n) is 2.07. The Morgan fingerprint density at radius 1 is 1.42 bits per heavy atom. The summed E-state index contributed by atoms with van der Waals surface area (Å²) in [6.07, 6.45) is 0. The van der Waals surface area contributed by atoms with Crippen LogP contribution in [0.5, 0.6) is 5.75 Å². The number of imidazole rings is 1. The van der Waals surface area contributed by atoms with Gasteiger partial charge in [-0.05, 0) is 32.2 Å². The number of ether oxygens (including phenoxy) is 1. The topological polar surface area (TPSA) is 39.1 Å². The third-order valence-corrected chi connectivity index (χ3v) is 3.21. The quantitative estimate of drug-likeness (QED) is 0.919. The average molecular weight is 263 g/mol. The Bertz CT molecular complexity index is 593. The molecular formula is C14H18FN3O. The highest BCUT2D eigenvalue weighted by Gasteiger charge is 2.15. The molecule has 0 aliphatic carbocycles. The third-order valence-electron chi connectivity index (χ3n) is 3.21. The number of benzene rings is 1. The monoisotopic (exact) mass is 263 g/mol. The van der Waals surface area contributed by atoms with Crippen LogP contribution in [-0.2, 0) is 13.6 Å². The molecule has 0 amide bonds. The van der Waals surface area contributed by atoms with Crippen molar-refractivity contribution in [3.05, 3.63) is 35.5 Å². The van der Waals surface area contributed by atoms with Gasteiger partial charge in [-0.3, -0.25) is 0 Å². The number of rotatable bonds is 4. The average Bonchev–Trinajstić information content (AvgIpc) is 2.67. The van der Waals surface area contributed by atoms with Crippen molar-refractivity contribution in [2.24, 2.45) is 7.05 Å². The van der Waals surface area contributed by atoms with Gasteiger partial charge in [-0.25, -0.2) is 9.37 Å². The molecule has 2 aromatic rings. The number of hydrogen-bond acceptors (Lipinski definition) is 3. The largest absolute Gasteiger partial charge is 0.494 e. The van der Waals surface area contributed by atoms with Gasteiger partial charge in [-0.1, -0.05) is 0 Å². The Morgan fingerprint density at radius 2 is 2.16 bits per heavy atom. The van der Waals surface area contributed by atoms with Gasteiger partial charge in [0.25, 0.3) is 0 Å². The van der Waals surface area contributed by atoms with Crippen LogP contribution >= 0.6 is 0 Å². The lowest BCUT2D eigenvalue weighted by molar-refractivity contribution is 0.386. The van der Waals surface area contributed by atoms with E-state index in [-0.39, 0.29) is 11.6 Å². The number of hydrogen-bond donors (Lipinski definition) is 1. The Balaban J connectivity index is 2.52. The lowest BCUT2D eigenvalue weighted by Gasteiger charge is -2.07. The standard InChI is InChI=1S/C14H18FN3O/c1-9-17-14(12(8-16-2)18(9)3)10-5-6-13(19-4)11(15)7-10/h5-7,16H,8H2,1-4H3. The normalized spacial score (nSPS) is 10.8. The van der Waals surface area contributed by atoms with Gasteiger partial charge in [-0.2, -0.15) is 0 Å². The van der Waals surface area contributed by atoms with Crippen LogP contribution in [0.25, 0.3) is 11.3 Å². The molecule has 4 nitrogen and oxygen atoms in total. The van der Waals surface area contributed by atoms with E-state index in [0.29, 0.717) is 6.54 Å². The van der Waals surface area contributed by atoms with Gasteiger partial charge >= 0.3 is 0 Å². The number of nitrogens with one attached hydrogen (secondary N) is 1. The molecule has 0 unspecified atom stereocenters. The smallest absolute Gasteiger partial charge is 0.165 e. The Morgan fingerprint density at radius 3 is 2.74 bits per heavy atom. The van der Waals surface area contributed by atoms with Crippen LogP contribution in [0.3, 0.4) is 0 Å². The van der Waals surface area contributed by atoms with Crippen LogP contribution in [0, 0.1) is 12.7 Å². The fraction of sp³-hybridized carbons (Fsp3) is 0.357. The van der Waals surface area contributed by atoms with Crippen LogP contribution in [0.4, 0.5) is 4.39 Å². The van der Waals surface area contributed by atoms with Crippen molar-refractivity contribution in [3.63, 3.8) is 0 Å². The first-order chi connectivity index (χ1) is 9.08. The van der Waals surface area contributed by atoms with Crippen LogP contribution < -0.4 is 10.1 Å². The van der Waals surface area contributed by atoms with Crippen LogP contribution in [0.15, 0.2) is 18.2 Å². The summed E-state index contributed by atoms with van der Waals surface area (Å²) in [5, 5.41) is 3.11. The van der Waals surface area contributed by atoms with Gasteiger partial charge in [0.05, 0.1) is 18.5 Å². The van der Waals surface area contributed by atoms with E-state index in [0.717, 1.165) is 22.8 Å². The summed E-state index contributed by atoms with van der Waals surface area (Å²) in [4.78, 5) is 4.51. The second kappa shape index (κ2) is 5.40. The van der Waals surface area contributed by atoms with Gasteiger partial charge in [0.2, 0.25) is 0 Å². The minimum absolute atomic E-state index is 0.242. The van der Waals surface area contributed by atoms with E-state index >= 15 is 0 Å². The highest BCUT2D eigenvalue weighted by Crippen LogP contribution is 2.27. The number of nitrogens with zero attached hydrogens (tertiary/aromatic N) is 2. The summed E-state index contributed by atoms with van der Waals surface area (Å²) in [7, 11) is 5.29. The molecule has 1 aromatic carbocycles. The summed E-state index contributed by atoms with van der Waals surface area (Å²) in [5.74, 6) is 0.766. The summed E-state index contributed by atoms with van der Waals surface area (Å²) < 4.78 is 20.7. The molecule has 1 aromatic heterocycles. The molecule has 102 valence electrons. The molecule has 1 heterocycles. The number of aromatic nitrogens is 2. The van der Waals surface area contributed by atoms with Crippen molar-refractivity contribution < 1.29 is 9.13 Å². The Kier molecular flexibility index (Phi) is 3.85. The van der Waals surface area contributed by atoms with Gasteiger partial charge in [-0.15, -0.1) is 0 Å². The lowest BCUT2D eigenvalue weighted by atomic mass is 10.1. The Hall–Kier alpha value is -1.88. The molecular weight excluding hydrogens is 245 g/mol. The van der Waals surface area contributed by atoms with Crippen LogP contribution in [0.2, 0.25) is 0 Å². The minimum atomic E-state index is -0.376. The van der Waals surface area contributed by atoms with E-state index in [1.54, 1.807) is 6.07 Å². The zero-order valence-electron chi connectivity index (χ0n) is 11.6. The van der Waals surface area contributed by atoms with E-state index in [4.69, 9.17) is 4.74 Å². The first-order valence-corrected chi connectivity index (χ1v) is 6.09. The minimum Gasteiger partial charge on any atom is -0.494 e. The van der Waals surface area contributed by atoms with Gasteiger partial charge < -0.3 is 14.6 Å². The molecule has 0 bridgehead atoms. The molecule has 0 saturated carbocycles. The molecule has 0 aliphatic rings. The summed E-state index contributed by atoms with van der Waals surface area (Å²) in [6, 6.07) is 4.90. The molecule has 0 atom stereocenters. The highest BCUT2D eigenvalue weighted by atomic mass is 19.1. The fourth-order valence-corrected chi connectivity index (χ4v) is 2.07. The number of aryl methyl sites for hydroxylation is 1. The zero-order chi connectivity index (χ0) is 14.0. The van der Waals surface area contributed by atoms with Crippen LogP contribution in [-0.4, -0.2) is 23.7 Å². The van der Waals surface area contributed by atoms with Crippen molar-refractivity contribution in [3.8, 4) is 17.0 Å². The molecule has 2 rings (SSSR count). The van der Waals surface area contributed by atoms with Crippen molar-refractivity contribution in [1.29, 1.82) is 0 Å². The molecule has 19 heavy (non-hydrogen) atoms. The predicted octanol–water partition coefficient (Wildman–Crippen LogP) is 2.26. The third kappa shape index (κ3) is 2.46. The molecule has 0 spiro atoms. The van der Waals surface area contributed by atoms with Crippen molar-refractivity contribution in [1.82, 2.24) is 14.9 Å². The maximum absolute atomic E-state index is 13.8. The zero-order valence-corrected chi connectivity index (χ0v) is 11.6. The Labute approximate surface area is 112 Å². The summed E-state index contributed by atoms with van der Waals surface area (Å²) in [5.41, 5.74) is 2.59. The van der Waals surface area contributed by atoms with E-state index in [1.807, 2.05) is 31.7 Å². The molecule has 0 radical (unpaired) electrons. The van der Waals surface area contributed by atoms with Crippen molar-refractivity contribution in [2.45, 2.75) is 13.5 Å². The molecule has 0 saturated heterocycles.